The molecule has 24 heavy (non-hydrogen) atoms. The number of aromatic nitrogens is 1. The van der Waals surface area contributed by atoms with Gasteiger partial charge in [0.1, 0.15) is 4.90 Å². The molecule has 132 valence electrons. The Bertz CT molecular complexity index is 814. The Morgan fingerprint density at radius 1 is 1.21 bits per heavy atom. The molecule has 1 aromatic carbocycles. The van der Waals surface area contributed by atoms with E-state index in [1.54, 1.807) is 0 Å². The minimum atomic E-state index is -3.79. The van der Waals surface area contributed by atoms with Gasteiger partial charge in [-0.15, -0.1) is 12.4 Å². The molecular weight excluding hydrogens is 356 g/mol. The number of benzene rings is 1. The van der Waals surface area contributed by atoms with Crippen molar-refractivity contribution >= 4 is 39.0 Å². The number of hydrogen-bond donors (Lipinski definition) is 2. The van der Waals surface area contributed by atoms with Gasteiger partial charge in [-0.25, -0.2) is 13.1 Å². The van der Waals surface area contributed by atoms with E-state index in [2.05, 4.69) is 15.0 Å². The van der Waals surface area contributed by atoms with Crippen molar-refractivity contribution < 1.29 is 13.3 Å². The van der Waals surface area contributed by atoms with Crippen molar-refractivity contribution in [2.45, 2.75) is 18.2 Å². The third-order valence-corrected chi connectivity index (χ3v) is 4.71. The monoisotopic (exact) mass is 374 g/mol. The highest BCUT2D eigenvalue weighted by Gasteiger charge is 2.22. The molecule has 0 atom stereocenters. The van der Waals surface area contributed by atoms with Crippen molar-refractivity contribution in [1.82, 2.24) is 15.0 Å². The third kappa shape index (κ3) is 4.60. The zero-order valence-electron chi connectivity index (χ0n) is 13.1. The maximum atomic E-state index is 12.4. The van der Waals surface area contributed by atoms with Crippen LogP contribution in [0.3, 0.4) is 0 Å². The van der Waals surface area contributed by atoms with Crippen LogP contribution in [0.4, 0.5) is 5.69 Å². The van der Waals surface area contributed by atoms with Crippen LogP contribution in [0, 0.1) is 10.1 Å². The number of nitrogens with zero attached hydrogens (tertiary/aromatic N) is 2. The van der Waals surface area contributed by atoms with E-state index >= 15 is 0 Å². The van der Waals surface area contributed by atoms with E-state index in [0.29, 0.717) is 6.54 Å². The molecule has 0 unspecified atom stereocenters. The van der Waals surface area contributed by atoms with Crippen LogP contribution in [0.5, 0.6) is 0 Å². The van der Waals surface area contributed by atoms with Crippen LogP contribution in [0.25, 0.3) is 10.9 Å². The summed E-state index contributed by atoms with van der Waals surface area (Å²) in [5.74, 6) is 0. The highest BCUT2D eigenvalue weighted by atomic mass is 35.5. The van der Waals surface area contributed by atoms with Crippen molar-refractivity contribution in [2.75, 3.05) is 19.6 Å². The Balaban J connectivity index is 0.00000288. The van der Waals surface area contributed by atoms with Gasteiger partial charge in [-0.1, -0.05) is 6.92 Å². The van der Waals surface area contributed by atoms with Crippen LogP contribution in [0.2, 0.25) is 0 Å². The lowest BCUT2D eigenvalue weighted by molar-refractivity contribution is -0.383. The lowest BCUT2D eigenvalue weighted by Crippen LogP contribution is -2.32. The number of nitrogens with one attached hydrogen (secondary N) is 2. The normalized spacial score (nSPS) is 11.2. The first-order chi connectivity index (χ1) is 11.0. The first kappa shape index (κ1) is 20.2. The summed E-state index contributed by atoms with van der Waals surface area (Å²) in [4.78, 5) is 14.4. The quantitative estimate of drug-likeness (QED) is 0.414. The number of nitro groups is 1. The number of pyridine rings is 1. The lowest BCUT2D eigenvalue weighted by atomic mass is 10.2. The van der Waals surface area contributed by atoms with Crippen LogP contribution in [-0.4, -0.2) is 38.0 Å². The summed E-state index contributed by atoms with van der Waals surface area (Å²) < 4.78 is 27.3. The minimum Gasteiger partial charge on any atom is -0.315 e. The van der Waals surface area contributed by atoms with Gasteiger partial charge in [-0.2, -0.15) is 0 Å². The molecule has 2 rings (SSSR count). The van der Waals surface area contributed by atoms with Gasteiger partial charge in [0.15, 0.2) is 0 Å². The SMILES string of the molecule is CCCNCCNS(=O)(=O)c1ccc([N+](=O)[O-])c2cccnc12.Cl. The maximum absolute atomic E-state index is 12.4. The largest absolute Gasteiger partial charge is 0.315 e. The van der Waals surface area contributed by atoms with Gasteiger partial charge in [0.05, 0.1) is 15.8 Å². The van der Waals surface area contributed by atoms with Crippen LogP contribution in [0.1, 0.15) is 13.3 Å². The molecule has 0 aliphatic carbocycles. The average Bonchev–Trinajstić information content (AvgIpc) is 2.53. The molecule has 1 aromatic heterocycles. The minimum absolute atomic E-state index is 0. The third-order valence-electron chi connectivity index (χ3n) is 3.22. The second-order valence-electron chi connectivity index (χ2n) is 4.89. The molecule has 2 aromatic rings. The molecule has 0 aliphatic rings. The van der Waals surface area contributed by atoms with E-state index in [-0.39, 0.29) is 40.4 Å². The fraction of sp³-hybridized carbons (Fsp3) is 0.357. The fourth-order valence-corrected chi connectivity index (χ4v) is 3.35. The van der Waals surface area contributed by atoms with E-state index < -0.39 is 14.9 Å². The molecule has 2 N–H and O–H groups in total. The molecule has 1 heterocycles. The summed E-state index contributed by atoms with van der Waals surface area (Å²) in [7, 11) is -3.79. The van der Waals surface area contributed by atoms with Gasteiger partial charge < -0.3 is 5.32 Å². The van der Waals surface area contributed by atoms with E-state index in [4.69, 9.17) is 0 Å². The summed E-state index contributed by atoms with van der Waals surface area (Å²) in [6.07, 6.45) is 2.37. The zero-order chi connectivity index (χ0) is 16.9. The standard InChI is InChI=1S/C14H18N4O4S.ClH/c1-2-7-15-9-10-17-23(21,22)13-6-5-12(18(19)20)11-4-3-8-16-14(11)13;/h3-6,8,15,17H,2,7,9-10H2,1H3;1H. The van der Waals surface area contributed by atoms with Crippen molar-refractivity contribution in [2.24, 2.45) is 0 Å². The summed E-state index contributed by atoms with van der Waals surface area (Å²) in [6.45, 7) is 3.56. The van der Waals surface area contributed by atoms with Crippen molar-refractivity contribution in [3.63, 3.8) is 0 Å². The van der Waals surface area contributed by atoms with Crippen LogP contribution in [0.15, 0.2) is 35.4 Å². The van der Waals surface area contributed by atoms with Gasteiger partial charge in [-0.3, -0.25) is 15.1 Å². The number of fused-ring (bicyclic) bond motifs is 1. The first-order valence-corrected chi connectivity index (χ1v) is 8.68. The molecule has 10 heteroatoms. The second kappa shape index (κ2) is 8.88. The molecular formula is C14H19ClN4O4S. The first-order valence-electron chi connectivity index (χ1n) is 7.20. The highest BCUT2D eigenvalue weighted by molar-refractivity contribution is 7.89. The molecule has 0 aliphatic heterocycles. The van der Waals surface area contributed by atoms with Gasteiger partial charge in [0.2, 0.25) is 10.0 Å². The van der Waals surface area contributed by atoms with Crippen LogP contribution in [-0.2, 0) is 10.0 Å². The molecule has 0 saturated heterocycles. The lowest BCUT2D eigenvalue weighted by Gasteiger charge is -2.09. The highest BCUT2D eigenvalue weighted by Crippen LogP contribution is 2.28. The smallest absolute Gasteiger partial charge is 0.278 e. The molecule has 0 saturated carbocycles. The molecule has 0 bridgehead atoms. The summed E-state index contributed by atoms with van der Waals surface area (Å²) in [5.41, 5.74) is -0.0765. The molecule has 8 nitrogen and oxygen atoms in total. The van der Waals surface area contributed by atoms with Crippen LogP contribution >= 0.6 is 12.4 Å². The van der Waals surface area contributed by atoms with Crippen molar-refractivity contribution in [3.8, 4) is 0 Å². The molecule has 0 radical (unpaired) electrons. The van der Waals surface area contributed by atoms with Gasteiger partial charge >= 0.3 is 0 Å². The molecule has 0 amide bonds. The van der Waals surface area contributed by atoms with Gasteiger partial charge in [0.25, 0.3) is 5.69 Å². The summed E-state index contributed by atoms with van der Waals surface area (Å²) in [6, 6.07) is 5.43. The van der Waals surface area contributed by atoms with Gasteiger partial charge in [-0.05, 0) is 31.2 Å². The fourth-order valence-electron chi connectivity index (χ4n) is 2.16. The van der Waals surface area contributed by atoms with E-state index in [0.717, 1.165) is 13.0 Å². The number of rotatable bonds is 8. The van der Waals surface area contributed by atoms with E-state index in [1.807, 2.05) is 6.92 Å². The van der Waals surface area contributed by atoms with Crippen molar-refractivity contribution in [1.29, 1.82) is 0 Å². The molecule has 0 fully saturated rings. The Hall–Kier alpha value is -1.81. The number of non-ortho nitro benzene ring substituents is 1. The Morgan fingerprint density at radius 3 is 2.62 bits per heavy atom. The zero-order valence-corrected chi connectivity index (χ0v) is 14.7. The second-order valence-corrected chi connectivity index (χ2v) is 6.62. The van der Waals surface area contributed by atoms with E-state index in [1.165, 1.54) is 30.5 Å². The summed E-state index contributed by atoms with van der Waals surface area (Å²) in [5, 5.41) is 14.3. The predicted octanol–water partition coefficient (Wildman–Crippen LogP) is 1.84. The average molecular weight is 375 g/mol. The number of sulfonamides is 1. The Labute approximate surface area is 146 Å². The number of hydrogen-bond acceptors (Lipinski definition) is 6. The van der Waals surface area contributed by atoms with Crippen molar-refractivity contribution in [3.05, 3.63) is 40.6 Å². The Morgan fingerprint density at radius 2 is 1.96 bits per heavy atom. The summed E-state index contributed by atoms with van der Waals surface area (Å²) >= 11 is 0. The van der Waals surface area contributed by atoms with E-state index in [9.17, 15) is 18.5 Å². The van der Waals surface area contributed by atoms with Crippen LogP contribution < -0.4 is 10.0 Å². The Kier molecular flexibility index (Phi) is 7.49. The predicted molar refractivity (Wildman–Crippen MR) is 94.0 cm³/mol. The number of nitro benzene ring substituents is 1. The number of halogens is 1. The maximum Gasteiger partial charge on any atom is 0.278 e. The topological polar surface area (TPSA) is 114 Å². The molecule has 0 spiro atoms. The van der Waals surface area contributed by atoms with Gasteiger partial charge in [0, 0.05) is 25.4 Å².